The summed E-state index contributed by atoms with van der Waals surface area (Å²) in [5.74, 6) is -1.33. The van der Waals surface area contributed by atoms with Crippen LogP contribution in [0.3, 0.4) is 0 Å². The van der Waals surface area contributed by atoms with Crippen molar-refractivity contribution >= 4 is 6.29 Å². The zero-order chi connectivity index (χ0) is 11.5. The molecule has 0 aromatic heterocycles. The molecule has 0 fully saturated rings. The van der Waals surface area contributed by atoms with Gasteiger partial charge in [-0.1, -0.05) is 6.07 Å². The van der Waals surface area contributed by atoms with Crippen molar-refractivity contribution in [3.63, 3.8) is 0 Å². The molecule has 0 aliphatic heterocycles. The van der Waals surface area contributed by atoms with Crippen LogP contribution < -0.4 is 4.74 Å². The number of hydrogen-bond donors (Lipinski definition) is 0. The third kappa shape index (κ3) is 3.23. The van der Waals surface area contributed by atoms with Crippen LogP contribution in [0.2, 0.25) is 0 Å². The first-order valence-corrected chi connectivity index (χ1v) is 3.87. The fourth-order valence-electron chi connectivity index (χ4n) is 0.917. The van der Waals surface area contributed by atoms with E-state index in [0.717, 1.165) is 18.2 Å². The first-order valence-electron chi connectivity index (χ1n) is 3.87. The Morgan fingerprint density at radius 2 is 2.00 bits per heavy atom. The summed E-state index contributed by atoms with van der Waals surface area (Å²) < 4.78 is 52.5. The van der Waals surface area contributed by atoms with Crippen LogP contribution in [-0.2, 0) is 0 Å². The number of carbonyl (C=O) groups is 1. The SMILES string of the molecule is O=Cc1c(F)cccc1OCC(F)(F)F. The fraction of sp³-hybridized carbons (Fsp3) is 0.222. The number of benzene rings is 1. The van der Waals surface area contributed by atoms with Crippen molar-refractivity contribution in [2.24, 2.45) is 0 Å². The summed E-state index contributed by atoms with van der Waals surface area (Å²) in [7, 11) is 0. The molecule has 0 spiro atoms. The molecule has 6 heteroatoms. The molecule has 0 N–H and O–H groups in total. The van der Waals surface area contributed by atoms with E-state index >= 15 is 0 Å². The molecule has 0 amide bonds. The van der Waals surface area contributed by atoms with Gasteiger partial charge in [0, 0.05) is 0 Å². The Balaban J connectivity index is 2.85. The zero-order valence-corrected chi connectivity index (χ0v) is 7.34. The fourth-order valence-corrected chi connectivity index (χ4v) is 0.917. The Labute approximate surface area is 82.5 Å². The molecule has 2 nitrogen and oxygen atoms in total. The van der Waals surface area contributed by atoms with Crippen molar-refractivity contribution < 1.29 is 27.1 Å². The smallest absolute Gasteiger partial charge is 0.422 e. The maximum Gasteiger partial charge on any atom is 0.422 e. The van der Waals surface area contributed by atoms with E-state index in [-0.39, 0.29) is 6.29 Å². The minimum atomic E-state index is -4.52. The van der Waals surface area contributed by atoms with Gasteiger partial charge < -0.3 is 4.74 Å². The van der Waals surface area contributed by atoms with Gasteiger partial charge in [0.15, 0.2) is 12.9 Å². The molecule has 0 bridgehead atoms. The summed E-state index contributed by atoms with van der Waals surface area (Å²) in [5.41, 5.74) is -0.512. The van der Waals surface area contributed by atoms with Crippen LogP contribution in [0.15, 0.2) is 18.2 Å². The largest absolute Gasteiger partial charge is 0.483 e. The van der Waals surface area contributed by atoms with E-state index < -0.39 is 29.9 Å². The highest BCUT2D eigenvalue weighted by molar-refractivity contribution is 5.79. The molecule has 1 aromatic rings. The summed E-state index contributed by atoms with van der Waals surface area (Å²) in [4.78, 5) is 10.4. The average molecular weight is 222 g/mol. The molecule has 0 saturated heterocycles. The number of halogens is 4. The maximum absolute atomic E-state index is 12.9. The van der Waals surface area contributed by atoms with E-state index in [4.69, 9.17) is 0 Å². The molecular weight excluding hydrogens is 216 g/mol. The minimum Gasteiger partial charge on any atom is -0.483 e. The Bertz CT molecular complexity index is 360. The van der Waals surface area contributed by atoms with E-state index in [1.165, 1.54) is 0 Å². The molecule has 0 aliphatic carbocycles. The van der Waals surface area contributed by atoms with Gasteiger partial charge >= 0.3 is 6.18 Å². The first kappa shape index (κ1) is 11.5. The Hall–Kier alpha value is -1.59. The predicted octanol–water partition coefficient (Wildman–Crippen LogP) is 2.58. The van der Waals surface area contributed by atoms with E-state index in [2.05, 4.69) is 4.74 Å². The second kappa shape index (κ2) is 4.29. The molecule has 82 valence electrons. The number of carbonyl (C=O) groups excluding carboxylic acids is 1. The van der Waals surface area contributed by atoms with Gasteiger partial charge in [-0.3, -0.25) is 4.79 Å². The van der Waals surface area contributed by atoms with Gasteiger partial charge in [0.25, 0.3) is 0 Å². The van der Waals surface area contributed by atoms with Crippen LogP contribution in [0.4, 0.5) is 17.6 Å². The van der Waals surface area contributed by atoms with Crippen molar-refractivity contribution in [3.05, 3.63) is 29.6 Å². The first-order chi connectivity index (χ1) is 6.94. The molecule has 0 saturated carbocycles. The standard InChI is InChI=1S/C9H6F4O2/c10-7-2-1-3-8(6(7)4-14)15-5-9(11,12)13/h1-4H,5H2. The summed E-state index contributed by atoms with van der Waals surface area (Å²) in [6, 6.07) is 3.22. The van der Waals surface area contributed by atoms with Crippen molar-refractivity contribution in [1.82, 2.24) is 0 Å². The molecule has 0 unspecified atom stereocenters. The number of rotatable bonds is 3. The summed E-state index contributed by atoms with van der Waals surface area (Å²) in [6.07, 6.45) is -4.41. The van der Waals surface area contributed by atoms with Gasteiger partial charge in [0.2, 0.25) is 0 Å². The van der Waals surface area contributed by atoms with Crippen LogP contribution in [-0.4, -0.2) is 19.1 Å². The minimum absolute atomic E-state index is 0.112. The highest BCUT2D eigenvalue weighted by atomic mass is 19.4. The Morgan fingerprint density at radius 1 is 1.33 bits per heavy atom. The van der Waals surface area contributed by atoms with Crippen molar-refractivity contribution in [2.75, 3.05) is 6.61 Å². The molecule has 0 atom stereocenters. The lowest BCUT2D eigenvalue weighted by molar-refractivity contribution is -0.153. The van der Waals surface area contributed by atoms with Gasteiger partial charge in [-0.2, -0.15) is 13.2 Å². The lowest BCUT2D eigenvalue weighted by Crippen LogP contribution is -2.19. The average Bonchev–Trinajstić information content (AvgIpc) is 2.13. The molecule has 15 heavy (non-hydrogen) atoms. The Morgan fingerprint density at radius 3 is 2.53 bits per heavy atom. The summed E-state index contributed by atoms with van der Waals surface area (Å²) in [6.45, 7) is -1.56. The number of aldehydes is 1. The van der Waals surface area contributed by atoms with Crippen LogP contribution in [0.5, 0.6) is 5.75 Å². The van der Waals surface area contributed by atoms with Gasteiger partial charge in [-0.05, 0) is 12.1 Å². The van der Waals surface area contributed by atoms with E-state index in [0.29, 0.717) is 0 Å². The van der Waals surface area contributed by atoms with Crippen LogP contribution in [0.1, 0.15) is 10.4 Å². The Kier molecular flexibility index (Phi) is 3.28. The topological polar surface area (TPSA) is 26.3 Å². The van der Waals surface area contributed by atoms with Gasteiger partial charge in [0.1, 0.15) is 11.6 Å². The van der Waals surface area contributed by atoms with Crippen molar-refractivity contribution in [1.29, 1.82) is 0 Å². The van der Waals surface area contributed by atoms with Crippen LogP contribution in [0.25, 0.3) is 0 Å². The predicted molar refractivity (Wildman–Crippen MR) is 43.3 cm³/mol. The quantitative estimate of drug-likeness (QED) is 0.580. The molecule has 0 aliphatic rings. The number of ether oxygens (including phenoxy) is 1. The zero-order valence-electron chi connectivity index (χ0n) is 7.34. The second-order valence-corrected chi connectivity index (χ2v) is 2.67. The van der Waals surface area contributed by atoms with Gasteiger partial charge in [-0.25, -0.2) is 4.39 Å². The lowest BCUT2D eigenvalue weighted by atomic mass is 10.2. The highest BCUT2D eigenvalue weighted by Gasteiger charge is 2.29. The van der Waals surface area contributed by atoms with Crippen LogP contribution in [0, 0.1) is 5.82 Å². The maximum atomic E-state index is 12.9. The van der Waals surface area contributed by atoms with E-state index in [9.17, 15) is 22.4 Å². The van der Waals surface area contributed by atoms with Crippen molar-refractivity contribution in [2.45, 2.75) is 6.18 Å². The number of alkyl halides is 3. The van der Waals surface area contributed by atoms with Crippen LogP contribution >= 0.6 is 0 Å². The molecule has 1 aromatic carbocycles. The third-order valence-corrected chi connectivity index (χ3v) is 1.52. The van der Waals surface area contributed by atoms with E-state index in [1.54, 1.807) is 0 Å². The van der Waals surface area contributed by atoms with E-state index in [1.807, 2.05) is 0 Å². The monoisotopic (exact) mass is 222 g/mol. The number of hydrogen-bond acceptors (Lipinski definition) is 2. The van der Waals surface area contributed by atoms with Gasteiger partial charge in [-0.15, -0.1) is 0 Å². The summed E-state index contributed by atoms with van der Waals surface area (Å²) >= 11 is 0. The molecule has 0 heterocycles. The molecule has 0 radical (unpaired) electrons. The normalized spacial score (nSPS) is 11.2. The van der Waals surface area contributed by atoms with Crippen molar-refractivity contribution in [3.8, 4) is 5.75 Å². The summed E-state index contributed by atoms with van der Waals surface area (Å²) in [5, 5.41) is 0. The van der Waals surface area contributed by atoms with Gasteiger partial charge in [0.05, 0.1) is 5.56 Å². The lowest BCUT2D eigenvalue weighted by Gasteiger charge is -2.10. The second-order valence-electron chi connectivity index (χ2n) is 2.67. The molecular formula is C9H6F4O2. The molecule has 1 rings (SSSR count). The highest BCUT2D eigenvalue weighted by Crippen LogP contribution is 2.22. The third-order valence-electron chi connectivity index (χ3n) is 1.52.